The van der Waals surface area contributed by atoms with E-state index in [1.165, 1.54) is 7.11 Å². The van der Waals surface area contributed by atoms with Crippen molar-refractivity contribution in [3.05, 3.63) is 107 Å². The second-order valence-electron chi connectivity index (χ2n) is 13.0. The fourth-order valence-corrected chi connectivity index (χ4v) is 6.51. The lowest BCUT2D eigenvalue weighted by atomic mass is 9.90. The van der Waals surface area contributed by atoms with Crippen LogP contribution in [-0.2, 0) is 31.8 Å². The molecule has 274 valence electrons. The van der Waals surface area contributed by atoms with Crippen molar-refractivity contribution in [3.8, 4) is 5.75 Å². The number of benzene rings is 3. The molecule has 1 heterocycles. The molecule has 5 rings (SSSR count). The van der Waals surface area contributed by atoms with Crippen molar-refractivity contribution in [1.29, 1.82) is 0 Å². The van der Waals surface area contributed by atoms with Gasteiger partial charge in [-0.25, -0.2) is 4.79 Å². The van der Waals surface area contributed by atoms with E-state index in [4.69, 9.17) is 18.9 Å². The summed E-state index contributed by atoms with van der Waals surface area (Å²) in [6.07, 6.45) is 2.52. The number of ether oxygens (including phenoxy) is 4. The third-order valence-electron chi connectivity index (χ3n) is 9.38. The molecule has 1 saturated heterocycles. The number of rotatable bonds is 18. The normalized spacial score (nSPS) is 19.2. The lowest BCUT2D eigenvalue weighted by Crippen LogP contribution is -2.47. The number of nitrogens with zero attached hydrogens (tertiary/aromatic N) is 1. The molecule has 3 aromatic rings. The molecule has 0 saturated carbocycles. The number of hydrogen-bond donors (Lipinski definition) is 4. The molecule has 11 heteroatoms. The summed E-state index contributed by atoms with van der Waals surface area (Å²) in [7, 11) is 1.52. The minimum Gasteiger partial charge on any atom is -0.492 e. The Bertz CT molecular complexity index is 1530. The molecule has 0 unspecified atom stereocenters. The van der Waals surface area contributed by atoms with Crippen molar-refractivity contribution in [2.45, 2.75) is 50.0 Å². The Morgan fingerprint density at radius 3 is 2.49 bits per heavy atom. The van der Waals surface area contributed by atoms with E-state index in [0.29, 0.717) is 25.9 Å². The number of amides is 2. The fraction of sp³-hybridized carbons (Fsp3) is 0.450. The zero-order chi connectivity index (χ0) is 35.8. The van der Waals surface area contributed by atoms with E-state index in [9.17, 15) is 19.8 Å². The van der Waals surface area contributed by atoms with Crippen molar-refractivity contribution in [1.82, 2.24) is 15.5 Å². The number of nitrogens with one attached hydrogen (secondary N) is 2. The van der Waals surface area contributed by atoms with Gasteiger partial charge in [0.25, 0.3) is 0 Å². The molecule has 2 aliphatic rings. The number of morpholine rings is 1. The van der Waals surface area contributed by atoms with Gasteiger partial charge in [0.05, 0.1) is 44.1 Å². The van der Waals surface area contributed by atoms with Crippen LogP contribution in [-0.4, -0.2) is 105 Å². The van der Waals surface area contributed by atoms with Crippen LogP contribution in [0.1, 0.15) is 41.1 Å². The maximum atomic E-state index is 13.9. The molecule has 11 nitrogen and oxygen atoms in total. The number of fused-ring (bicyclic) bond motifs is 1. The average Bonchev–Trinajstić information content (AvgIpc) is 3.46. The highest BCUT2D eigenvalue weighted by Crippen LogP contribution is 2.32. The van der Waals surface area contributed by atoms with E-state index in [2.05, 4.69) is 15.5 Å². The van der Waals surface area contributed by atoms with Crippen LogP contribution in [0.4, 0.5) is 4.79 Å². The highest BCUT2D eigenvalue weighted by atomic mass is 16.6. The van der Waals surface area contributed by atoms with Crippen LogP contribution < -0.4 is 15.4 Å². The fourth-order valence-electron chi connectivity index (χ4n) is 6.51. The molecule has 0 radical (unpaired) electrons. The third-order valence-corrected chi connectivity index (χ3v) is 9.38. The maximum absolute atomic E-state index is 13.9. The molecule has 0 spiro atoms. The summed E-state index contributed by atoms with van der Waals surface area (Å²) in [5.74, 6) is -0.165. The first kappa shape index (κ1) is 38.0. The van der Waals surface area contributed by atoms with Crippen molar-refractivity contribution < 1.29 is 38.7 Å². The van der Waals surface area contributed by atoms with Gasteiger partial charge in [0.2, 0.25) is 5.91 Å². The second kappa shape index (κ2) is 20.0. The number of carbonyl (C=O) groups excluding carboxylic acids is 2. The molecule has 1 aliphatic heterocycles. The number of aliphatic hydroxyl groups is 2. The van der Waals surface area contributed by atoms with E-state index < -0.39 is 36.3 Å². The standard InChI is InChI=1S/C40H51N3O8/c1-48-24-25-51-40(47)41-35(26-30-8-3-2-4-9-30)36(44)28-32(39(46)42-38-34-13-6-5-11-31(34)27-37(38)45)12-7-10-29-14-16-33(17-15-29)50-23-20-43-18-21-49-22-19-43/h2-11,13-17,32,35-38,44-45H,12,18-28H2,1H3,(H,41,47)(H,42,46)/b10-7+/t32-,35+,36+,37-,38+/m1/s1. The summed E-state index contributed by atoms with van der Waals surface area (Å²) in [4.78, 5) is 28.9. The van der Waals surface area contributed by atoms with E-state index >= 15 is 0 Å². The zero-order valence-electron chi connectivity index (χ0n) is 29.3. The van der Waals surface area contributed by atoms with Crippen LogP contribution >= 0.6 is 0 Å². The average molecular weight is 702 g/mol. The molecule has 51 heavy (non-hydrogen) atoms. The summed E-state index contributed by atoms with van der Waals surface area (Å²) in [5.41, 5.74) is 3.75. The first-order valence-corrected chi connectivity index (χ1v) is 17.8. The molecule has 5 atom stereocenters. The molecule has 1 aliphatic carbocycles. The predicted molar refractivity (Wildman–Crippen MR) is 194 cm³/mol. The van der Waals surface area contributed by atoms with Crippen LogP contribution in [0.2, 0.25) is 0 Å². The number of aliphatic hydroxyl groups excluding tert-OH is 2. The molecule has 4 N–H and O–H groups in total. The summed E-state index contributed by atoms with van der Waals surface area (Å²) >= 11 is 0. The first-order valence-electron chi connectivity index (χ1n) is 17.8. The number of alkyl carbamates (subject to hydrolysis) is 1. The summed E-state index contributed by atoms with van der Waals surface area (Å²) < 4.78 is 21.6. The van der Waals surface area contributed by atoms with Crippen LogP contribution in [0.3, 0.4) is 0 Å². The van der Waals surface area contributed by atoms with E-state index in [1.807, 2.05) is 91.0 Å². The second-order valence-corrected chi connectivity index (χ2v) is 13.0. The summed E-state index contributed by atoms with van der Waals surface area (Å²) in [5, 5.41) is 28.3. The molecular formula is C40H51N3O8. The van der Waals surface area contributed by atoms with Gasteiger partial charge in [-0.2, -0.15) is 0 Å². The number of methoxy groups -OCH3 is 1. The monoisotopic (exact) mass is 701 g/mol. The Morgan fingerprint density at radius 2 is 1.73 bits per heavy atom. The Labute approximate surface area is 300 Å². The Kier molecular flexibility index (Phi) is 14.9. The van der Waals surface area contributed by atoms with Crippen molar-refractivity contribution >= 4 is 18.1 Å². The van der Waals surface area contributed by atoms with Crippen LogP contribution in [0.5, 0.6) is 5.75 Å². The van der Waals surface area contributed by atoms with Gasteiger partial charge in [0.15, 0.2) is 0 Å². The van der Waals surface area contributed by atoms with E-state index in [-0.39, 0.29) is 25.5 Å². The number of hydrogen-bond acceptors (Lipinski definition) is 9. The highest BCUT2D eigenvalue weighted by Gasteiger charge is 2.35. The molecule has 1 fully saturated rings. The summed E-state index contributed by atoms with van der Waals surface area (Å²) in [6, 6.07) is 23.7. The van der Waals surface area contributed by atoms with Gasteiger partial charge < -0.3 is 39.8 Å². The molecule has 2 amide bonds. The zero-order valence-corrected chi connectivity index (χ0v) is 29.3. The van der Waals surface area contributed by atoms with E-state index in [1.54, 1.807) is 0 Å². The van der Waals surface area contributed by atoms with Gasteiger partial charge in [0.1, 0.15) is 19.0 Å². The maximum Gasteiger partial charge on any atom is 0.407 e. The molecular weight excluding hydrogens is 650 g/mol. The van der Waals surface area contributed by atoms with Crippen LogP contribution in [0.25, 0.3) is 6.08 Å². The highest BCUT2D eigenvalue weighted by molar-refractivity contribution is 5.80. The smallest absolute Gasteiger partial charge is 0.407 e. The molecule has 3 aromatic carbocycles. The van der Waals surface area contributed by atoms with Crippen molar-refractivity contribution in [2.24, 2.45) is 5.92 Å². The quantitative estimate of drug-likeness (QED) is 0.145. The van der Waals surface area contributed by atoms with Crippen molar-refractivity contribution in [3.63, 3.8) is 0 Å². The lowest BCUT2D eigenvalue weighted by molar-refractivity contribution is -0.127. The van der Waals surface area contributed by atoms with Crippen LogP contribution in [0.15, 0.2) is 84.9 Å². The topological polar surface area (TPSA) is 139 Å². The Morgan fingerprint density at radius 1 is 0.980 bits per heavy atom. The largest absolute Gasteiger partial charge is 0.492 e. The predicted octanol–water partition coefficient (Wildman–Crippen LogP) is 3.93. The Hall–Kier alpha value is -4.26. The number of carbonyl (C=O) groups is 2. The first-order chi connectivity index (χ1) is 24.9. The van der Waals surface area contributed by atoms with Gasteiger partial charge in [-0.3, -0.25) is 9.69 Å². The van der Waals surface area contributed by atoms with Crippen molar-refractivity contribution in [2.75, 3.05) is 59.8 Å². The van der Waals surface area contributed by atoms with Gasteiger partial charge in [-0.1, -0.05) is 78.9 Å². The van der Waals surface area contributed by atoms with Gasteiger partial charge in [-0.05, 0) is 53.6 Å². The minimum absolute atomic E-state index is 0.0619. The van der Waals surface area contributed by atoms with Gasteiger partial charge >= 0.3 is 6.09 Å². The Balaban J connectivity index is 1.26. The number of allylic oxidation sites excluding steroid dienone is 1. The van der Waals surface area contributed by atoms with Crippen LogP contribution in [0, 0.1) is 5.92 Å². The minimum atomic E-state index is -1.08. The summed E-state index contributed by atoms with van der Waals surface area (Å²) in [6.45, 7) is 5.11. The van der Waals surface area contributed by atoms with Gasteiger partial charge in [-0.15, -0.1) is 0 Å². The third kappa shape index (κ3) is 11.9. The lowest BCUT2D eigenvalue weighted by Gasteiger charge is -2.28. The molecule has 0 bridgehead atoms. The van der Waals surface area contributed by atoms with E-state index in [0.717, 1.165) is 60.9 Å². The van der Waals surface area contributed by atoms with Gasteiger partial charge in [0, 0.05) is 39.1 Å². The SMILES string of the molecule is COCCOC(=O)N[C@@H](Cc1ccccc1)[C@@H](O)C[C@@H](C/C=C/c1ccc(OCCN2CCOCC2)cc1)C(=O)N[C@H]1c2ccccc2C[C@H]1O. The molecule has 0 aromatic heterocycles.